The molecule has 20 heavy (non-hydrogen) atoms. The molecule has 2 aliphatic rings. The van der Waals surface area contributed by atoms with Crippen molar-refractivity contribution in [3.63, 3.8) is 0 Å². The van der Waals surface area contributed by atoms with Crippen LogP contribution in [0.1, 0.15) is 59.8 Å². The zero-order chi connectivity index (χ0) is 14.8. The second-order valence-corrected chi connectivity index (χ2v) is 7.96. The van der Waals surface area contributed by atoms with Gasteiger partial charge in [0.1, 0.15) is 0 Å². The number of ether oxygens (including phenoxy) is 1. The van der Waals surface area contributed by atoms with Crippen molar-refractivity contribution < 1.29 is 4.74 Å². The highest BCUT2D eigenvalue weighted by Crippen LogP contribution is 2.40. The van der Waals surface area contributed by atoms with Crippen LogP contribution in [0.5, 0.6) is 0 Å². The smallest absolute Gasteiger partial charge is 0.0593 e. The molecule has 0 aromatic heterocycles. The summed E-state index contributed by atoms with van der Waals surface area (Å²) in [5, 5.41) is 0. The molecule has 0 bridgehead atoms. The third-order valence-electron chi connectivity index (χ3n) is 5.60. The van der Waals surface area contributed by atoms with Crippen LogP contribution in [0.15, 0.2) is 0 Å². The minimum Gasteiger partial charge on any atom is -0.378 e. The minimum atomic E-state index is 0.206. The van der Waals surface area contributed by atoms with Gasteiger partial charge in [-0.15, -0.1) is 0 Å². The number of hydrogen-bond donors (Lipinski definition) is 1. The molecule has 3 atom stereocenters. The van der Waals surface area contributed by atoms with Crippen LogP contribution in [0.25, 0.3) is 0 Å². The lowest BCUT2D eigenvalue weighted by Gasteiger charge is -2.47. The molecule has 3 nitrogen and oxygen atoms in total. The van der Waals surface area contributed by atoms with Crippen LogP contribution in [0.2, 0.25) is 0 Å². The topological polar surface area (TPSA) is 38.5 Å². The number of likely N-dealkylation sites (tertiary alicyclic amines) is 1. The molecule has 0 aromatic carbocycles. The van der Waals surface area contributed by atoms with E-state index in [2.05, 4.69) is 32.6 Å². The largest absolute Gasteiger partial charge is 0.378 e. The predicted molar refractivity (Wildman–Crippen MR) is 84.8 cm³/mol. The van der Waals surface area contributed by atoms with Gasteiger partial charge in [-0.1, -0.05) is 34.1 Å². The number of rotatable bonds is 4. The van der Waals surface area contributed by atoms with Crippen LogP contribution >= 0.6 is 0 Å². The van der Waals surface area contributed by atoms with Crippen LogP contribution in [-0.4, -0.2) is 42.8 Å². The Morgan fingerprint density at radius 3 is 2.65 bits per heavy atom. The highest BCUT2D eigenvalue weighted by Gasteiger charge is 2.45. The summed E-state index contributed by atoms with van der Waals surface area (Å²) < 4.78 is 5.95. The van der Waals surface area contributed by atoms with Gasteiger partial charge < -0.3 is 10.5 Å². The first-order valence-corrected chi connectivity index (χ1v) is 8.48. The molecular weight excluding hydrogens is 248 g/mol. The van der Waals surface area contributed by atoms with Crippen molar-refractivity contribution in [3.8, 4) is 0 Å². The lowest BCUT2D eigenvalue weighted by Crippen LogP contribution is -2.58. The molecule has 0 amide bonds. The van der Waals surface area contributed by atoms with E-state index in [9.17, 15) is 0 Å². The summed E-state index contributed by atoms with van der Waals surface area (Å²) >= 11 is 0. The molecule has 2 fully saturated rings. The molecule has 3 heteroatoms. The molecule has 0 radical (unpaired) electrons. The molecule has 2 saturated heterocycles. The van der Waals surface area contributed by atoms with E-state index < -0.39 is 0 Å². The fourth-order valence-electron chi connectivity index (χ4n) is 4.01. The van der Waals surface area contributed by atoms with Gasteiger partial charge in [-0.05, 0) is 43.6 Å². The average Bonchev–Trinajstić information content (AvgIpc) is 2.89. The van der Waals surface area contributed by atoms with Gasteiger partial charge in [-0.2, -0.15) is 0 Å². The summed E-state index contributed by atoms with van der Waals surface area (Å²) in [5.74, 6) is 0.804. The Hall–Kier alpha value is -0.120. The fourth-order valence-corrected chi connectivity index (χ4v) is 4.01. The van der Waals surface area contributed by atoms with Gasteiger partial charge in [0.05, 0.1) is 6.10 Å². The van der Waals surface area contributed by atoms with Gasteiger partial charge in [0.2, 0.25) is 0 Å². The Bertz CT molecular complexity index is 311. The fraction of sp³-hybridized carbons (Fsp3) is 1.00. The van der Waals surface area contributed by atoms with Crippen LogP contribution in [0.3, 0.4) is 0 Å². The monoisotopic (exact) mass is 282 g/mol. The Balaban J connectivity index is 2.04. The summed E-state index contributed by atoms with van der Waals surface area (Å²) in [6.45, 7) is 13.5. The number of nitrogens with two attached hydrogens (primary N) is 1. The first kappa shape index (κ1) is 16.3. The van der Waals surface area contributed by atoms with Crippen LogP contribution in [-0.2, 0) is 4.74 Å². The quantitative estimate of drug-likeness (QED) is 0.861. The van der Waals surface area contributed by atoms with Crippen molar-refractivity contribution in [2.24, 2.45) is 17.1 Å². The zero-order valence-electron chi connectivity index (χ0n) is 14.0. The molecule has 2 rings (SSSR count). The Morgan fingerprint density at radius 2 is 2.10 bits per heavy atom. The van der Waals surface area contributed by atoms with Crippen molar-refractivity contribution in [3.05, 3.63) is 0 Å². The molecule has 2 aliphatic heterocycles. The van der Waals surface area contributed by atoms with Crippen molar-refractivity contribution in [2.45, 2.75) is 71.4 Å². The lowest BCUT2D eigenvalue weighted by molar-refractivity contribution is -0.0695. The van der Waals surface area contributed by atoms with E-state index in [1.165, 1.54) is 32.4 Å². The molecular formula is C17H34N2O. The molecule has 0 saturated carbocycles. The number of hydrogen-bond acceptors (Lipinski definition) is 3. The molecule has 0 spiro atoms. The van der Waals surface area contributed by atoms with E-state index in [0.29, 0.717) is 11.5 Å². The van der Waals surface area contributed by atoms with Gasteiger partial charge in [0.25, 0.3) is 0 Å². The maximum absolute atomic E-state index is 6.23. The summed E-state index contributed by atoms with van der Waals surface area (Å²) in [6, 6.07) is 0. The van der Waals surface area contributed by atoms with Gasteiger partial charge in [0, 0.05) is 25.2 Å². The normalized spacial score (nSPS) is 36.5. The third-order valence-corrected chi connectivity index (χ3v) is 5.60. The van der Waals surface area contributed by atoms with E-state index >= 15 is 0 Å². The van der Waals surface area contributed by atoms with E-state index in [1.54, 1.807) is 0 Å². The van der Waals surface area contributed by atoms with Crippen molar-refractivity contribution in [2.75, 3.05) is 26.2 Å². The summed E-state index contributed by atoms with van der Waals surface area (Å²) in [5.41, 5.74) is 6.86. The van der Waals surface area contributed by atoms with Gasteiger partial charge in [0.15, 0.2) is 0 Å². The maximum atomic E-state index is 6.23. The average molecular weight is 282 g/mol. The Morgan fingerprint density at radius 1 is 1.35 bits per heavy atom. The third kappa shape index (κ3) is 3.37. The van der Waals surface area contributed by atoms with E-state index in [1.807, 2.05) is 0 Å². The molecule has 0 aromatic rings. The Labute approximate surface area is 125 Å². The minimum absolute atomic E-state index is 0.206. The van der Waals surface area contributed by atoms with Crippen molar-refractivity contribution in [1.82, 2.24) is 4.90 Å². The summed E-state index contributed by atoms with van der Waals surface area (Å²) in [4.78, 5) is 2.70. The second kappa shape index (κ2) is 6.33. The zero-order valence-corrected chi connectivity index (χ0v) is 14.0. The molecule has 0 aliphatic carbocycles. The molecule has 3 unspecified atom stereocenters. The first-order valence-electron chi connectivity index (χ1n) is 8.48. The van der Waals surface area contributed by atoms with Gasteiger partial charge >= 0.3 is 0 Å². The molecule has 118 valence electrons. The Kier molecular flexibility index (Phi) is 5.14. The van der Waals surface area contributed by atoms with E-state index in [4.69, 9.17) is 10.5 Å². The van der Waals surface area contributed by atoms with Crippen molar-refractivity contribution in [1.29, 1.82) is 0 Å². The highest BCUT2D eigenvalue weighted by atomic mass is 16.5. The maximum Gasteiger partial charge on any atom is 0.0593 e. The van der Waals surface area contributed by atoms with Crippen LogP contribution in [0.4, 0.5) is 0 Å². The lowest BCUT2D eigenvalue weighted by atomic mass is 9.80. The molecule has 2 N–H and O–H groups in total. The second-order valence-electron chi connectivity index (χ2n) is 7.96. The highest BCUT2D eigenvalue weighted by molar-refractivity contribution is 5.00. The van der Waals surface area contributed by atoms with Gasteiger partial charge in [-0.3, -0.25) is 4.90 Å². The van der Waals surface area contributed by atoms with Crippen molar-refractivity contribution >= 4 is 0 Å². The number of nitrogens with zero attached hydrogens (tertiary/aromatic N) is 1. The summed E-state index contributed by atoms with van der Waals surface area (Å²) in [7, 11) is 0. The van der Waals surface area contributed by atoms with Crippen LogP contribution in [0, 0.1) is 11.3 Å². The summed E-state index contributed by atoms with van der Waals surface area (Å²) in [6.07, 6.45) is 6.37. The standard InChI is InChI=1S/C17H34N2O/c1-5-6-15-11-17(13-18,8-10-20-15)19-9-7-14(12-19)16(2,3)4/h14-15H,5-13,18H2,1-4H3. The van der Waals surface area contributed by atoms with Crippen LogP contribution < -0.4 is 5.73 Å². The first-order chi connectivity index (χ1) is 9.41. The van der Waals surface area contributed by atoms with E-state index in [-0.39, 0.29) is 5.54 Å². The molecule has 2 heterocycles. The predicted octanol–water partition coefficient (Wildman–Crippen LogP) is 3.03. The van der Waals surface area contributed by atoms with E-state index in [0.717, 1.165) is 31.9 Å². The van der Waals surface area contributed by atoms with Gasteiger partial charge in [-0.25, -0.2) is 0 Å². The SMILES string of the molecule is CCCC1CC(CN)(N2CCC(C(C)(C)C)C2)CCO1.